The first kappa shape index (κ1) is 20.0. The number of rotatable bonds is 7. The van der Waals surface area contributed by atoms with Crippen LogP contribution < -0.4 is 20.1 Å². The summed E-state index contributed by atoms with van der Waals surface area (Å²) in [6, 6.07) is 15.4. The van der Waals surface area contributed by atoms with Crippen LogP contribution in [0.5, 0.6) is 11.5 Å². The van der Waals surface area contributed by atoms with Crippen molar-refractivity contribution in [2.45, 2.75) is 44.1 Å². The Hall–Kier alpha value is -3.28. The monoisotopic (exact) mass is 405 g/mol. The molecule has 0 radical (unpaired) electrons. The lowest BCUT2D eigenvalue weighted by Gasteiger charge is -2.28. The number of allylic oxidation sites excluding steroid dienone is 1. The number of amides is 1. The molecule has 3 N–H and O–H groups in total. The highest BCUT2D eigenvalue weighted by atomic mass is 16.5. The molecule has 1 saturated carbocycles. The van der Waals surface area contributed by atoms with Gasteiger partial charge < -0.3 is 25.5 Å². The molecule has 1 unspecified atom stereocenters. The van der Waals surface area contributed by atoms with E-state index in [1.165, 1.54) is 19.1 Å². The van der Waals surface area contributed by atoms with Crippen LogP contribution in [0.4, 0.5) is 5.69 Å². The van der Waals surface area contributed by atoms with Crippen molar-refractivity contribution in [3.05, 3.63) is 65.5 Å². The lowest BCUT2D eigenvalue weighted by Crippen LogP contribution is -2.36. The number of benzene rings is 2. The van der Waals surface area contributed by atoms with Gasteiger partial charge in [-0.1, -0.05) is 24.3 Å². The third-order valence-electron chi connectivity index (χ3n) is 5.70. The molecule has 1 aliphatic heterocycles. The second-order valence-electron chi connectivity index (χ2n) is 7.71. The molecule has 6 heteroatoms. The highest BCUT2D eigenvalue weighted by Gasteiger charge is 2.29. The number of carbonyl (C=O) groups is 1. The van der Waals surface area contributed by atoms with Crippen molar-refractivity contribution in [2.24, 2.45) is 0 Å². The van der Waals surface area contributed by atoms with Crippen LogP contribution in [-0.4, -0.2) is 25.3 Å². The highest BCUT2D eigenvalue weighted by Crippen LogP contribution is 2.38. The Balaban J connectivity index is 1.67. The maximum absolute atomic E-state index is 12.5. The maximum Gasteiger partial charge on any atom is 0.226 e. The van der Waals surface area contributed by atoms with Gasteiger partial charge in [0.2, 0.25) is 5.91 Å². The molecule has 2 aliphatic rings. The normalized spacial score (nSPS) is 19.4. The van der Waals surface area contributed by atoms with Gasteiger partial charge in [-0.2, -0.15) is 0 Å². The Labute approximate surface area is 176 Å². The van der Waals surface area contributed by atoms with Crippen LogP contribution in [-0.2, 0) is 4.79 Å². The molecule has 156 valence electrons. The third-order valence-corrected chi connectivity index (χ3v) is 5.70. The average Bonchev–Trinajstić information content (AvgIpc) is 3.27. The number of methoxy groups -OCH3 is 1. The molecule has 1 amide bonds. The second kappa shape index (κ2) is 9.03. The van der Waals surface area contributed by atoms with Gasteiger partial charge in [0.15, 0.2) is 11.5 Å². The molecule has 1 atom stereocenters. The van der Waals surface area contributed by atoms with Crippen molar-refractivity contribution in [3.63, 3.8) is 0 Å². The van der Waals surface area contributed by atoms with Crippen LogP contribution >= 0.6 is 0 Å². The molecule has 0 spiro atoms. The summed E-state index contributed by atoms with van der Waals surface area (Å²) in [5, 5.41) is 14.2. The van der Waals surface area contributed by atoms with Crippen molar-refractivity contribution in [1.82, 2.24) is 5.32 Å². The largest absolute Gasteiger partial charge is 0.493 e. The first-order chi connectivity index (χ1) is 14.7. The van der Waals surface area contributed by atoms with Crippen LogP contribution in [0.25, 0.3) is 0 Å². The van der Waals surface area contributed by atoms with Gasteiger partial charge in [-0.15, -0.1) is 0 Å². The van der Waals surface area contributed by atoms with Gasteiger partial charge in [-0.05, 0) is 55.5 Å². The zero-order valence-corrected chi connectivity index (χ0v) is 17.1. The number of anilines is 1. The van der Waals surface area contributed by atoms with E-state index in [4.69, 9.17) is 14.9 Å². The van der Waals surface area contributed by atoms with Gasteiger partial charge in [-0.25, -0.2) is 0 Å². The molecule has 0 saturated heterocycles. The summed E-state index contributed by atoms with van der Waals surface area (Å²) >= 11 is 0. The van der Waals surface area contributed by atoms with Crippen LogP contribution in [0, 0.1) is 5.41 Å². The van der Waals surface area contributed by atoms with Gasteiger partial charge in [-0.3, -0.25) is 4.79 Å². The fraction of sp³-hybridized carbons (Fsp3) is 0.333. The molecule has 30 heavy (non-hydrogen) atoms. The molecule has 0 aromatic heterocycles. The average molecular weight is 405 g/mol. The Morgan fingerprint density at radius 1 is 1.10 bits per heavy atom. The van der Waals surface area contributed by atoms with Crippen LogP contribution in [0.1, 0.15) is 43.6 Å². The molecule has 1 heterocycles. The van der Waals surface area contributed by atoms with Gasteiger partial charge in [0.1, 0.15) is 5.82 Å². The Kier molecular flexibility index (Phi) is 6.02. The number of carbonyl (C=O) groups excluding carboxylic acids is 1. The van der Waals surface area contributed by atoms with Crippen molar-refractivity contribution in [1.29, 1.82) is 5.41 Å². The summed E-state index contributed by atoms with van der Waals surface area (Å²) in [7, 11) is 1.63. The Morgan fingerprint density at radius 3 is 2.57 bits per heavy atom. The SMILES string of the molecule is COc1ccc(C2CC(=O)NC(Nc3ccccc3)=C2C=N)cc1OC1CCCC1. The second-order valence-corrected chi connectivity index (χ2v) is 7.71. The Morgan fingerprint density at radius 2 is 1.87 bits per heavy atom. The van der Waals surface area contributed by atoms with E-state index in [2.05, 4.69) is 10.6 Å². The third kappa shape index (κ3) is 4.32. The fourth-order valence-electron chi connectivity index (χ4n) is 4.16. The molecule has 6 nitrogen and oxygen atoms in total. The van der Waals surface area contributed by atoms with Gasteiger partial charge >= 0.3 is 0 Å². The summed E-state index contributed by atoms with van der Waals surface area (Å²) in [6.45, 7) is 0. The Bertz CT molecular complexity index is 949. The molecular formula is C24H27N3O3. The van der Waals surface area contributed by atoms with E-state index in [0.29, 0.717) is 17.3 Å². The van der Waals surface area contributed by atoms with E-state index in [1.54, 1.807) is 7.11 Å². The van der Waals surface area contributed by atoms with Crippen LogP contribution in [0.3, 0.4) is 0 Å². The van der Waals surface area contributed by atoms with E-state index in [0.717, 1.165) is 29.7 Å². The highest BCUT2D eigenvalue weighted by molar-refractivity contribution is 5.90. The smallest absolute Gasteiger partial charge is 0.226 e. The number of ether oxygens (including phenoxy) is 2. The number of hydrogen-bond acceptors (Lipinski definition) is 5. The quantitative estimate of drug-likeness (QED) is 0.588. The number of hydrogen-bond donors (Lipinski definition) is 3. The van der Waals surface area contributed by atoms with Crippen molar-refractivity contribution in [2.75, 3.05) is 12.4 Å². The molecule has 1 fully saturated rings. The van der Waals surface area contributed by atoms with Crippen molar-refractivity contribution in [3.8, 4) is 11.5 Å². The van der Waals surface area contributed by atoms with E-state index in [9.17, 15) is 4.79 Å². The van der Waals surface area contributed by atoms with E-state index >= 15 is 0 Å². The first-order valence-electron chi connectivity index (χ1n) is 10.4. The minimum Gasteiger partial charge on any atom is -0.493 e. The van der Waals surface area contributed by atoms with Gasteiger partial charge in [0.05, 0.1) is 13.2 Å². The molecule has 2 aromatic rings. The first-order valence-corrected chi connectivity index (χ1v) is 10.4. The molecular weight excluding hydrogens is 378 g/mol. The summed E-state index contributed by atoms with van der Waals surface area (Å²) < 4.78 is 11.7. The predicted molar refractivity (Wildman–Crippen MR) is 117 cm³/mol. The minimum absolute atomic E-state index is 0.0851. The van der Waals surface area contributed by atoms with Crippen molar-refractivity contribution >= 4 is 17.8 Å². The zero-order chi connectivity index (χ0) is 20.9. The predicted octanol–water partition coefficient (Wildman–Crippen LogP) is 4.59. The van der Waals surface area contributed by atoms with Gasteiger partial charge in [0.25, 0.3) is 0 Å². The zero-order valence-electron chi connectivity index (χ0n) is 17.1. The standard InChI is InChI=1S/C24H27N3O3/c1-29-21-12-11-16(13-22(21)30-18-9-5-6-10-18)19-14-23(28)27-24(20(19)15-25)26-17-7-3-2-4-8-17/h2-4,7-8,11-13,15,18-19,25-26H,5-6,9-10,14H2,1H3,(H,27,28). The van der Waals surface area contributed by atoms with Crippen LogP contribution in [0.2, 0.25) is 0 Å². The molecule has 1 aliphatic carbocycles. The van der Waals surface area contributed by atoms with E-state index < -0.39 is 0 Å². The maximum atomic E-state index is 12.5. The van der Waals surface area contributed by atoms with Crippen molar-refractivity contribution < 1.29 is 14.3 Å². The molecule has 2 aromatic carbocycles. The number of nitrogens with one attached hydrogen (secondary N) is 3. The summed E-state index contributed by atoms with van der Waals surface area (Å²) in [4.78, 5) is 12.5. The minimum atomic E-state index is -0.237. The summed E-state index contributed by atoms with van der Waals surface area (Å²) in [6.07, 6.45) is 6.27. The van der Waals surface area contributed by atoms with E-state index in [-0.39, 0.29) is 24.3 Å². The summed E-state index contributed by atoms with van der Waals surface area (Å²) in [5.41, 5.74) is 2.52. The number of para-hydroxylation sites is 1. The lowest BCUT2D eigenvalue weighted by molar-refractivity contribution is -0.121. The topological polar surface area (TPSA) is 83.4 Å². The summed E-state index contributed by atoms with van der Waals surface area (Å²) in [5.74, 6) is 1.62. The molecule has 4 rings (SSSR count). The fourth-order valence-corrected chi connectivity index (χ4v) is 4.16. The van der Waals surface area contributed by atoms with E-state index in [1.807, 2.05) is 48.5 Å². The lowest BCUT2D eigenvalue weighted by atomic mass is 9.86. The van der Waals surface area contributed by atoms with Crippen LogP contribution in [0.15, 0.2) is 59.9 Å². The molecule has 0 bridgehead atoms. The van der Waals surface area contributed by atoms with Gasteiger partial charge in [0, 0.05) is 29.8 Å².